The van der Waals surface area contributed by atoms with E-state index in [9.17, 15) is 13.2 Å². The van der Waals surface area contributed by atoms with Crippen molar-refractivity contribution in [2.75, 3.05) is 5.75 Å². The summed E-state index contributed by atoms with van der Waals surface area (Å²) in [5, 5.41) is 3.99. The van der Waals surface area contributed by atoms with Crippen molar-refractivity contribution in [1.82, 2.24) is 14.5 Å². The molecule has 0 saturated heterocycles. The van der Waals surface area contributed by atoms with Crippen LogP contribution in [0.5, 0.6) is 0 Å². The number of carbonyl (C=O) groups is 1. The Morgan fingerprint density at radius 2 is 2.21 bits per heavy atom. The molecule has 19 heavy (non-hydrogen) atoms. The van der Waals surface area contributed by atoms with Crippen LogP contribution in [0, 0.1) is 5.92 Å². The van der Waals surface area contributed by atoms with E-state index < -0.39 is 15.9 Å². The van der Waals surface area contributed by atoms with Crippen LogP contribution in [-0.2, 0) is 28.3 Å². The molecule has 1 N–H and O–H groups in total. The van der Waals surface area contributed by atoms with Crippen molar-refractivity contribution in [2.24, 2.45) is 13.0 Å². The Morgan fingerprint density at radius 3 is 2.74 bits per heavy atom. The lowest BCUT2D eigenvalue weighted by Gasteiger charge is -2.10. The highest BCUT2D eigenvalue weighted by molar-refractivity contribution is 7.90. The van der Waals surface area contributed by atoms with Gasteiger partial charge in [-0.15, -0.1) is 0 Å². The van der Waals surface area contributed by atoms with Crippen LogP contribution in [0.25, 0.3) is 0 Å². The topological polar surface area (TPSA) is 81.1 Å². The van der Waals surface area contributed by atoms with Gasteiger partial charge in [0.05, 0.1) is 11.9 Å². The van der Waals surface area contributed by atoms with Crippen molar-refractivity contribution in [3.05, 3.63) is 18.0 Å². The molecule has 0 aliphatic heterocycles. The molecular weight excluding hydrogens is 266 g/mol. The zero-order valence-electron chi connectivity index (χ0n) is 11.6. The summed E-state index contributed by atoms with van der Waals surface area (Å²) in [6.07, 6.45) is 4.87. The largest absolute Gasteiger partial charge is 0.276 e. The van der Waals surface area contributed by atoms with Gasteiger partial charge < -0.3 is 0 Å². The molecule has 0 unspecified atom stereocenters. The monoisotopic (exact) mass is 287 g/mol. The number of rotatable bonds is 7. The number of hydrogen-bond acceptors (Lipinski definition) is 4. The molecule has 108 valence electrons. The lowest BCUT2D eigenvalue weighted by atomic mass is 10.2. The van der Waals surface area contributed by atoms with Crippen LogP contribution in [0.2, 0.25) is 0 Å². The Labute approximate surface area is 114 Å². The van der Waals surface area contributed by atoms with Crippen molar-refractivity contribution in [2.45, 2.75) is 33.1 Å². The average molecular weight is 287 g/mol. The predicted molar refractivity (Wildman–Crippen MR) is 72.9 cm³/mol. The van der Waals surface area contributed by atoms with E-state index in [-0.39, 0.29) is 18.1 Å². The van der Waals surface area contributed by atoms with Gasteiger partial charge in [-0.25, -0.2) is 8.42 Å². The van der Waals surface area contributed by atoms with Gasteiger partial charge in [-0.05, 0) is 17.9 Å². The molecular formula is C12H21N3O3S. The lowest BCUT2D eigenvalue weighted by Crippen LogP contribution is -2.34. The summed E-state index contributed by atoms with van der Waals surface area (Å²) < 4.78 is 27.1. The van der Waals surface area contributed by atoms with E-state index in [1.165, 1.54) is 0 Å². The minimum atomic E-state index is -3.51. The SMILES string of the molecule is CC[C@H](C)CS(=O)(=O)NC(=O)CCc1cnn(C)c1. The lowest BCUT2D eigenvalue weighted by molar-refractivity contribution is -0.119. The first-order valence-corrected chi connectivity index (χ1v) is 7.98. The molecule has 6 nitrogen and oxygen atoms in total. The second kappa shape index (κ2) is 6.70. The smallest absolute Gasteiger partial charge is 0.235 e. The maximum absolute atomic E-state index is 11.7. The molecule has 1 amide bonds. The summed E-state index contributed by atoms with van der Waals surface area (Å²) in [5.41, 5.74) is 0.914. The summed E-state index contributed by atoms with van der Waals surface area (Å²) in [5.74, 6) is -0.432. The third-order valence-electron chi connectivity index (χ3n) is 2.87. The summed E-state index contributed by atoms with van der Waals surface area (Å²) in [4.78, 5) is 11.6. The molecule has 0 aromatic carbocycles. The Hall–Kier alpha value is -1.37. The summed E-state index contributed by atoms with van der Waals surface area (Å²) in [7, 11) is -1.72. The van der Waals surface area contributed by atoms with Crippen molar-refractivity contribution in [1.29, 1.82) is 0 Å². The first-order chi connectivity index (χ1) is 8.82. The van der Waals surface area contributed by atoms with E-state index in [2.05, 4.69) is 9.82 Å². The Balaban J connectivity index is 2.42. The zero-order chi connectivity index (χ0) is 14.5. The third-order valence-corrected chi connectivity index (χ3v) is 4.42. The van der Waals surface area contributed by atoms with Crippen LogP contribution >= 0.6 is 0 Å². The highest BCUT2D eigenvalue weighted by Crippen LogP contribution is 2.05. The van der Waals surface area contributed by atoms with E-state index in [4.69, 9.17) is 0 Å². The Kier molecular flexibility index (Phi) is 5.53. The van der Waals surface area contributed by atoms with Gasteiger partial charge in [0.25, 0.3) is 0 Å². The summed E-state index contributed by atoms with van der Waals surface area (Å²) in [6.45, 7) is 3.77. The number of nitrogens with one attached hydrogen (secondary N) is 1. The van der Waals surface area contributed by atoms with Crippen LogP contribution in [0.15, 0.2) is 12.4 Å². The third kappa shape index (κ3) is 5.87. The number of amides is 1. The fourth-order valence-corrected chi connectivity index (χ4v) is 3.13. The molecule has 0 aliphatic rings. The standard InChI is InChI=1S/C12H21N3O3S/c1-4-10(2)9-19(17,18)14-12(16)6-5-11-7-13-15(3)8-11/h7-8,10H,4-6,9H2,1-3H3,(H,14,16)/t10-/m0/s1. The maximum atomic E-state index is 11.7. The number of nitrogens with zero attached hydrogens (tertiary/aromatic N) is 2. The Bertz CT molecular complexity index is 522. The molecule has 0 bridgehead atoms. The minimum absolute atomic E-state index is 0.0118. The minimum Gasteiger partial charge on any atom is -0.276 e. The van der Waals surface area contributed by atoms with E-state index in [0.29, 0.717) is 6.42 Å². The molecule has 7 heteroatoms. The molecule has 0 radical (unpaired) electrons. The number of carbonyl (C=O) groups excluding carboxylic acids is 1. The van der Waals surface area contributed by atoms with E-state index in [1.807, 2.05) is 13.8 Å². The molecule has 0 aliphatic carbocycles. The maximum Gasteiger partial charge on any atom is 0.235 e. The number of aromatic nitrogens is 2. The van der Waals surface area contributed by atoms with Gasteiger partial charge in [-0.1, -0.05) is 20.3 Å². The quantitative estimate of drug-likeness (QED) is 0.806. The molecule has 0 fully saturated rings. The first kappa shape index (κ1) is 15.7. The van der Waals surface area contributed by atoms with Gasteiger partial charge in [-0.2, -0.15) is 5.10 Å². The number of sulfonamides is 1. The van der Waals surface area contributed by atoms with Crippen LogP contribution in [0.4, 0.5) is 0 Å². The van der Waals surface area contributed by atoms with Crippen LogP contribution in [0.1, 0.15) is 32.3 Å². The zero-order valence-corrected chi connectivity index (χ0v) is 12.4. The molecule has 0 saturated carbocycles. The Morgan fingerprint density at radius 1 is 1.53 bits per heavy atom. The molecule has 0 spiro atoms. The van der Waals surface area contributed by atoms with Crippen molar-refractivity contribution >= 4 is 15.9 Å². The molecule has 1 atom stereocenters. The molecule has 1 aromatic rings. The molecule has 1 aromatic heterocycles. The van der Waals surface area contributed by atoms with Gasteiger partial charge in [0.2, 0.25) is 15.9 Å². The van der Waals surface area contributed by atoms with Gasteiger partial charge in [-0.3, -0.25) is 14.2 Å². The first-order valence-electron chi connectivity index (χ1n) is 6.33. The average Bonchev–Trinajstić information content (AvgIpc) is 2.71. The van der Waals surface area contributed by atoms with Gasteiger partial charge in [0.15, 0.2) is 0 Å². The summed E-state index contributed by atoms with van der Waals surface area (Å²) >= 11 is 0. The van der Waals surface area contributed by atoms with E-state index >= 15 is 0 Å². The van der Waals surface area contributed by atoms with E-state index in [0.717, 1.165) is 12.0 Å². The molecule has 1 rings (SSSR count). The van der Waals surface area contributed by atoms with Gasteiger partial charge in [0.1, 0.15) is 0 Å². The highest BCUT2D eigenvalue weighted by Gasteiger charge is 2.17. The normalized spacial score (nSPS) is 13.2. The summed E-state index contributed by atoms with van der Waals surface area (Å²) in [6, 6.07) is 0. The van der Waals surface area contributed by atoms with Gasteiger partial charge >= 0.3 is 0 Å². The second-order valence-corrected chi connectivity index (χ2v) is 6.61. The van der Waals surface area contributed by atoms with Crippen LogP contribution < -0.4 is 4.72 Å². The van der Waals surface area contributed by atoms with Crippen molar-refractivity contribution in [3.8, 4) is 0 Å². The fourth-order valence-electron chi connectivity index (χ4n) is 1.62. The number of aryl methyl sites for hydroxylation is 2. The fraction of sp³-hybridized carbons (Fsp3) is 0.667. The highest BCUT2D eigenvalue weighted by atomic mass is 32.2. The van der Waals surface area contributed by atoms with Gasteiger partial charge in [0, 0.05) is 19.7 Å². The predicted octanol–water partition coefficient (Wildman–Crippen LogP) is 0.845. The van der Waals surface area contributed by atoms with Crippen LogP contribution in [0.3, 0.4) is 0 Å². The van der Waals surface area contributed by atoms with E-state index in [1.54, 1.807) is 24.1 Å². The van der Waals surface area contributed by atoms with Crippen LogP contribution in [-0.4, -0.2) is 29.9 Å². The molecule has 1 heterocycles. The van der Waals surface area contributed by atoms with Crippen molar-refractivity contribution in [3.63, 3.8) is 0 Å². The number of hydrogen-bond donors (Lipinski definition) is 1. The second-order valence-electron chi connectivity index (χ2n) is 4.84. The van der Waals surface area contributed by atoms with Crippen molar-refractivity contribution < 1.29 is 13.2 Å².